The van der Waals surface area contributed by atoms with Gasteiger partial charge in [0.25, 0.3) is 0 Å². The summed E-state index contributed by atoms with van der Waals surface area (Å²) in [5.74, 6) is -1.13. The number of benzene rings is 2. The van der Waals surface area contributed by atoms with Crippen molar-refractivity contribution in [3.8, 4) is 5.75 Å². The lowest BCUT2D eigenvalue weighted by Crippen LogP contribution is -2.25. The van der Waals surface area contributed by atoms with Crippen molar-refractivity contribution in [2.75, 3.05) is 12.0 Å². The number of anilines is 2. The maximum atomic E-state index is 13.8. The SMILES string of the molecule is COC(=O)N(c1ccno1)c1ccccc1OCc1c(F)cccc1F. The highest BCUT2D eigenvalue weighted by atomic mass is 19.1. The van der Waals surface area contributed by atoms with Crippen LogP contribution in [0, 0.1) is 11.6 Å². The van der Waals surface area contributed by atoms with E-state index in [-0.39, 0.29) is 29.5 Å². The molecule has 0 unspecified atom stereocenters. The molecule has 1 aromatic heterocycles. The van der Waals surface area contributed by atoms with Gasteiger partial charge in [-0.3, -0.25) is 0 Å². The molecule has 2 aromatic carbocycles. The van der Waals surface area contributed by atoms with Gasteiger partial charge in [-0.1, -0.05) is 23.4 Å². The lowest BCUT2D eigenvalue weighted by molar-refractivity contribution is 0.179. The molecule has 0 saturated heterocycles. The van der Waals surface area contributed by atoms with Crippen LogP contribution in [-0.4, -0.2) is 18.4 Å². The Bertz CT molecular complexity index is 880. The minimum atomic E-state index is -0.741. The third kappa shape index (κ3) is 3.49. The predicted octanol–water partition coefficient (Wildman–Crippen LogP) is 4.44. The molecule has 134 valence electrons. The molecule has 0 atom stereocenters. The Hall–Kier alpha value is -3.42. The van der Waals surface area contributed by atoms with E-state index in [0.717, 1.165) is 17.0 Å². The molecule has 0 spiro atoms. The molecule has 0 N–H and O–H groups in total. The first-order valence-electron chi connectivity index (χ1n) is 7.55. The van der Waals surface area contributed by atoms with E-state index in [0.29, 0.717) is 0 Å². The van der Waals surface area contributed by atoms with Gasteiger partial charge in [-0.2, -0.15) is 0 Å². The van der Waals surface area contributed by atoms with E-state index in [4.69, 9.17) is 14.0 Å². The van der Waals surface area contributed by atoms with Gasteiger partial charge in [-0.15, -0.1) is 0 Å². The van der Waals surface area contributed by atoms with Crippen LogP contribution in [-0.2, 0) is 11.3 Å². The zero-order valence-corrected chi connectivity index (χ0v) is 13.7. The monoisotopic (exact) mass is 360 g/mol. The molecular formula is C18H14F2N2O4. The van der Waals surface area contributed by atoms with Crippen LogP contribution in [0.3, 0.4) is 0 Å². The average molecular weight is 360 g/mol. The molecule has 3 rings (SSSR count). The summed E-state index contributed by atoms with van der Waals surface area (Å²) in [6, 6.07) is 11.5. The molecule has 1 amide bonds. The van der Waals surface area contributed by atoms with Gasteiger partial charge in [0.1, 0.15) is 24.0 Å². The number of carbonyl (C=O) groups excluding carboxylic acids is 1. The van der Waals surface area contributed by atoms with Gasteiger partial charge in [0, 0.05) is 6.07 Å². The Morgan fingerprint density at radius 2 is 1.85 bits per heavy atom. The summed E-state index contributed by atoms with van der Waals surface area (Å²) in [5, 5.41) is 3.57. The summed E-state index contributed by atoms with van der Waals surface area (Å²) in [4.78, 5) is 13.3. The van der Waals surface area contributed by atoms with Crippen LogP contribution in [0.2, 0.25) is 0 Å². The van der Waals surface area contributed by atoms with Crippen molar-refractivity contribution in [3.63, 3.8) is 0 Å². The van der Waals surface area contributed by atoms with Crippen molar-refractivity contribution in [1.82, 2.24) is 5.16 Å². The van der Waals surface area contributed by atoms with Crippen LogP contribution in [0.15, 0.2) is 59.3 Å². The number of methoxy groups -OCH3 is 1. The van der Waals surface area contributed by atoms with Crippen LogP contribution < -0.4 is 9.64 Å². The van der Waals surface area contributed by atoms with E-state index in [1.165, 1.54) is 25.4 Å². The van der Waals surface area contributed by atoms with Gasteiger partial charge in [0.05, 0.1) is 24.6 Å². The van der Waals surface area contributed by atoms with Crippen molar-refractivity contribution in [2.24, 2.45) is 0 Å². The predicted molar refractivity (Wildman–Crippen MR) is 88.2 cm³/mol. The molecular weight excluding hydrogens is 346 g/mol. The van der Waals surface area contributed by atoms with Gasteiger partial charge in [-0.25, -0.2) is 18.5 Å². The fraction of sp³-hybridized carbons (Fsp3) is 0.111. The van der Waals surface area contributed by atoms with Gasteiger partial charge in [0.15, 0.2) is 0 Å². The minimum Gasteiger partial charge on any atom is -0.486 e. The summed E-state index contributed by atoms with van der Waals surface area (Å²) >= 11 is 0. The van der Waals surface area contributed by atoms with Crippen molar-refractivity contribution < 1.29 is 27.6 Å². The second-order valence-corrected chi connectivity index (χ2v) is 5.11. The first-order valence-corrected chi connectivity index (χ1v) is 7.55. The average Bonchev–Trinajstić information content (AvgIpc) is 3.16. The number of amides is 1. The van der Waals surface area contributed by atoms with Gasteiger partial charge >= 0.3 is 6.09 Å². The second-order valence-electron chi connectivity index (χ2n) is 5.11. The molecule has 0 bridgehead atoms. The number of hydrogen-bond acceptors (Lipinski definition) is 5. The molecule has 8 heteroatoms. The number of hydrogen-bond donors (Lipinski definition) is 0. The molecule has 3 aromatic rings. The van der Waals surface area contributed by atoms with E-state index in [9.17, 15) is 13.6 Å². The highest BCUT2D eigenvalue weighted by Gasteiger charge is 2.25. The van der Waals surface area contributed by atoms with E-state index in [1.807, 2.05) is 0 Å². The second kappa shape index (κ2) is 7.64. The zero-order chi connectivity index (χ0) is 18.5. The third-order valence-electron chi connectivity index (χ3n) is 3.54. The Morgan fingerprint density at radius 3 is 2.50 bits per heavy atom. The largest absolute Gasteiger partial charge is 0.486 e. The number of carbonyl (C=O) groups is 1. The van der Waals surface area contributed by atoms with Gasteiger partial charge in [-0.05, 0) is 24.3 Å². The maximum Gasteiger partial charge on any atom is 0.421 e. The summed E-state index contributed by atoms with van der Waals surface area (Å²) in [6.07, 6.45) is 0.624. The molecule has 6 nitrogen and oxygen atoms in total. The summed E-state index contributed by atoms with van der Waals surface area (Å²) in [7, 11) is 1.21. The van der Waals surface area contributed by atoms with Crippen LogP contribution in [0.1, 0.15) is 5.56 Å². The van der Waals surface area contributed by atoms with Crippen molar-refractivity contribution in [2.45, 2.75) is 6.61 Å². The molecule has 0 saturated carbocycles. The fourth-order valence-electron chi connectivity index (χ4n) is 2.31. The summed E-state index contributed by atoms with van der Waals surface area (Å²) in [6.45, 7) is -0.360. The van der Waals surface area contributed by atoms with E-state index in [2.05, 4.69) is 5.16 Å². The standard InChI is InChI=1S/C18H14F2N2O4/c1-24-18(23)22(17-9-10-21-26-17)15-7-2-3-8-16(15)25-11-12-13(19)5-4-6-14(12)20/h2-10H,11H2,1H3. The van der Waals surface area contributed by atoms with Crippen LogP contribution >= 0.6 is 0 Å². The number of rotatable bonds is 5. The summed E-state index contributed by atoms with van der Waals surface area (Å²) in [5.41, 5.74) is 0.0550. The molecule has 1 heterocycles. The maximum absolute atomic E-state index is 13.8. The van der Waals surface area contributed by atoms with Crippen LogP contribution in [0.4, 0.5) is 25.1 Å². The minimum absolute atomic E-state index is 0.102. The van der Waals surface area contributed by atoms with E-state index in [1.54, 1.807) is 24.3 Å². The molecule has 0 aliphatic carbocycles. The molecule has 0 fully saturated rings. The van der Waals surface area contributed by atoms with Crippen LogP contribution in [0.5, 0.6) is 5.75 Å². The Balaban J connectivity index is 1.93. The Kier molecular flexibility index (Phi) is 5.12. The molecule has 0 aliphatic rings. The van der Waals surface area contributed by atoms with Gasteiger partial charge < -0.3 is 14.0 Å². The smallest absolute Gasteiger partial charge is 0.421 e. The van der Waals surface area contributed by atoms with Crippen molar-refractivity contribution in [3.05, 3.63) is 71.9 Å². The van der Waals surface area contributed by atoms with E-state index >= 15 is 0 Å². The van der Waals surface area contributed by atoms with E-state index < -0.39 is 17.7 Å². The summed E-state index contributed by atoms with van der Waals surface area (Å²) < 4.78 is 42.9. The number of halogens is 2. The highest BCUT2D eigenvalue weighted by Crippen LogP contribution is 2.34. The van der Waals surface area contributed by atoms with Crippen LogP contribution in [0.25, 0.3) is 0 Å². The Labute approximate surface area is 147 Å². The highest BCUT2D eigenvalue weighted by molar-refractivity contribution is 5.96. The van der Waals surface area contributed by atoms with Gasteiger partial charge in [0.2, 0.25) is 5.88 Å². The fourth-order valence-corrected chi connectivity index (χ4v) is 2.31. The molecule has 26 heavy (non-hydrogen) atoms. The normalized spacial score (nSPS) is 10.4. The number of nitrogens with zero attached hydrogens (tertiary/aromatic N) is 2. The third-order valence-corrected chi connectivity index (χ3v) is 3.54. The topological polar surface area (TPSA) is 64.8 Å². The zero-order valence-electron chi connectivity index (χ0n) is 13.7. The lowest BCUT2D eigenvalue weighted by atomic mass is 10.2. The quantitative estimate of drug-likeness (QED) is 0.673. The molecule has 0 radical (unpaired) electrons. The number of para-hydroxylation sites is 2. The number of ether oxygens (including phenoxy) is 2. The first-order chi connectivity index (χ1) is 12.6. The number of aromatic nitrogens is 1. The Morgan fingerprint density at radius 1 is 1.12 bits per heavy atom. The van der Waals surface area contributed by atoms with Crippen molar-refractivity contribution in [1.29, 1.82) is 0 Å². The lowest BCUT2D eigenvalue weighted by Gasteiger charge is -2.21. The van der Waals surface area contributed by atoms with Crippen molar-refractivity contribution >= 4 is 17.7 Å². The molecule has 0 aliphatic heterocycles. The first kappa shape index (κ1) is 17.4.